The molecule has 0 unspecified atom stereocenters. The second-order valence-corrected chi connectivity index (χ2v) is 7.09. The molecule has 0 aromatic heterocycles. The maximum absolute atomic E-state index is 9.33. The third kappa shape index (κ3) is 4.11. The van der Waals surface area contributed by atoms with Gasteiger partial charge in [-0.1, -0.05) is 25.3 Å². The molecule has 0 spiro atoms. The Balaban J connectivity index is 2.08. The van der Waals surface area contributed by atoms with Crippen molar-refractivity contribution in [2.45, 2.75) is 57.9 Å². The van der Waals surface area contributed by atoms with Crippen LogP contribution < -0.4 is 5.32 Å². The van der Waals surface area contributed by atoms with Crippen molar-refractivity contribution >= 4 is 0 Å². The van der Waals surface area contributed by atoms with Crippen LogP contribution in [0.1, 0.15) is 52.4 Å². The molecule has 0 aromatic rings. The lowest BCUT2D eigenvalue weighted by molar-refractivity contribution is 0.0934. The molecule has 0 aromatic carbocycles. The normalized spacial score (nSPS) is 24.3. The molecule has 1 heterocycles. The van der Waals surface area contributed by atoms with Crippen LogP contribution in [0.25, 0.3) is 0 Å². The van der Waals surface area contributed by atoms with E-state index in [0.29, 0.717) is 0 Å². The third-order valence-electron chi connectivity index (χ3n) is 5.02. The van der Waals surface area contributed by atoms with Crippen LogP contribution in [0.2, 0.25) is 0 Å². The van der Waals surface area contributed by atoms with Gasteiger partial charge >= 0.3 is 0 Å². The van der Waals surface area contributed by atoms with Gasteiger partial charge in [-0.3, -0.25) is 4.90 Å². The van der Waals surface area contributed by atoms with Gasteiger partial charge in [0.25, 0.3) is 0 Å². The van der Waals surface area contributed by atoms with Gasteiger partial charge < -0.3 is 5.32 Å². The monoisotopic (exact) mass is 287 g/mol. The first-order valence-electron chi connectivity index (χ1n) is 8.29. The Labute approximate surface area is 129 Å². The summed E-state index contributed by atoms with van der Waals surface area (Å²) in [7, 11) is 1.85. The van der Waals surface area contributed by atoms with Gasteiger partial charge in [0.15, 0.2) is 0 Å². The highest BCUT2D eigenvalue weighted by Gasteiger charge is 2.32. The van der Waals surface area contributed by atoms with Crippen molar-refractivity contribution in [2.24, 2.45) is 5.92 Å². The highest BCUT2D eigenvalue weighted by Crippen LogP contribution is 2.32. The second-order valence-electron chi connectivity index (χ2n) is 7.09. The number of nitriles is 1. The highest BCUT2D eigenvalue weighted by molar-refractivity contribution is 5.43. The lowest BCUT2D eigenvalue weighted by atomic mass is 9.84. The smallest absolute Gasteiger partial charge is 0.101 e. The molecule has 1 N–H and O–H groups in total. The minimum Gasteiger partial charge on any atom is -0.393 e. The van der Waals surface area contributed by atoms with Crippen molar-refractivity contribution in [1.29, 1.82) is 5.26 Å². The van der Waals surface area contributed by atoms with E-state index in [-0.39, 0.29) is 5.54 Å². The average Bonchev–Trinajstić information content (AvgIpc) is 2.48. The first-order valence-corrected chi connectivity index (χ1v) is 8.29. The molecular formula is C18H29N3. The summed E-state index contributed by atoms with van der Waals surface area (Å²) >= 11 is 0. The first kappa shape index (κ1) is 16.1. The Hall–Kier alpha value is -1.27. The first-order chi connectivity index (χ1) is 10.1. The van der Waals surface area contributed by atoms with Crippen LogP contribution in [-0.2, 0) is 0 Å². The van der Waals surface area contributed by atoms with Crippen molar-refractivity contribution in [2.75, 3.05) is 20.1 Å². The quantitative estimate of drug-likeness (QED) is 0.803. The second kappa shape index (κ2) is 7.13. The molecule has 1 fully saturated rings. The van der Waals surface area contributed by atoms with Crippen LogP contribution in [0, 0.1) is 17.2 Å². The number of nitrogens with one attached hydrogen (secondary N) is 1. The van der Waals surface area contributed by atoms with Crippen LogP contribution in [0.4, 0.5) is 0 Å². The van der Waals surface area contributed by atoms with Crippen LogP contribution >= 0.6 is 0 Å². The van der Waals surface area contributed by atoms with Crippen LogP contribution in [0.5, 0.6) is 0 Å². The molecule has 0 saturated heterocycles. The van der Waals surface area contributed by atoms with Gasteiger partial charge in [-0.15, -0.1) is 0 Å². The lowest BCUT2D eigenvalue weighted by Crippen LogP contribution is -2.49. The fraction of sp³-hybridized carbons (Fsp3) is 0.722. The maximum atomic E-state index is 9.33. The van der Waals surface area contributed by atoms with Crippen LogP contribution in [0.3, 0.4) is 0 Å². The Morgan fingerprint density at radius 1 is 1.43 bits per heavy atom. The van der Waals surface area contributed by atoms with Crippen molar-refractivity contribution in [3.63, 3.8) is 0 Å². The van der Waals surface area contributed by atoms with E-state index in [2.05, 4.69) is 36.2 Å². The average molecular weight is 287 g/mol. The molecule has 21 heavy (non-hydrogen) atoms. The van der Waals surface area contributed by atoms with Crippen LogP contribution in [0.15, 0.2) is 23.4 Å². The summed E-state index contributed by atoms with van der Waals surface area (Å²) in [5, 5.41) is 12.3. The van der Waals surface area contributed by atoms with Gasteiger partial charge in [0.2, 0.25) is 0 Å². The van der Waals surface area contributed by atoms with Gasteiger partial charge in [0, 0.05) is 31.9 Å². The lowest BCUT2D eigenvalue weighted by Gasteiger charge is -2.44. The van der Waals surface area contributed by atoms with Gasteiger partial charge in [-0.25, -0.2) is 0 Å². The Morgan fingerprint density at radius 2 is 2.14 bits per heavy atom. The van der Waals surface area contributed by atoms with Gasteiger partial charge in [-0.05, 0) is 44.6 Å². The van der Waals surface area contributed by atoms with Crippen molar-refractivity contribution < 1.29 is 0 Å². The Kier molecular flexibility index (Phi) is 5.47. The van der Waals surface area contributed by atoms with Crippen molar-refractivity contribution in [1.82, 2.24) is 10.2 Å². The molecule has 0 radical (unpaired) electrons. The van der Waals surface area contributed by atoms with E-state index in [1.165, 1.54) is 44.2 Å². The molecule has 1 aliphatic heterocycles. The molecule has 1 saturated carbocycles. The van der Waals surface area contributed by atoms with E-state index in [4.69, 9.17) is 0 Å². The summed E-state index contributed by atoms with van der Waals surface area (Å²) in [6, 6.07) is 2.33. The maximum Gasteiger partial charge on any atom is 0.101 e. The number of hydrogen-bond donors (Lipinski definition) is 1. The molecule has 3 nitrogen and oxygen atoms in total. The molecule has 0 amide bonds. The summed E-state index contributed by atoms with van der Waals surface area (Å²) in [6.45, 7) is 6.75. The van der Waals surface area contributed by atoms with E-state index in [1.807, 2.05) is 13.2 Å². The molecule has 2 rings (SSSR count). The Morgan fingerprint density at radius 3 is 2.76 bits per heavy atom. The highest BCUT2D eigenvalue weighted by atomic mass is 15.2. The summed E-state index contributed by atoms with van der Waals surface area (Å²) in [6.07, 6.45) is 12.1. The number of rotatable bonds is 4. The van der Waals surface area contributed by atoms with Gasteiger partial charge in [0.05, 0.1) is 5.57 Å². The summed E-state index contributed by atoms with van der Waals surface area (Å²) < 4.78 is 0. The van der Waals surface area contributed by atoms with Gasteiger partial charge in [-0.2, -0.15) is 5.26 Å². The topological polar surface area (TPSA) is 39.1 Å². The van der Waals surface area contributed by atoms with E-state index < -0.39 is 0 Å². The predicted octanol–water partition coefficient (Wildman–Crippen LogP) is 3.60. The Bertz CT molecular complexity index is 448. The molecule has 0 atom stereocenters. The minimum absolute atomic E-state index is 0.209. The van der Waals surface area contributed by atoms with Crippen molar-refractivity contribution in [3.8, 4) is 6.07 Å². The standard InChI is InChI=1S/C18H29N3/c1-18(2)10-9-16(17(11-19)12-20-3)14-21(18)13-15-7-5-4-6-8-15/h9,12,15,20H,4-8,10,13-14H2,1-3H3/b17-12+. The zero-order chi connectivity index (χ0) is 15.3. The zero-order valence-electron chi connectivity index (χ0n) is 13.8. The van der Waals surface area contributed by atoms with E-state index in [0.717, 1.165) is 24.5 Å². The van der Waals surface area contributed by atoms with Crippen LogP contribution in [-0.4, -0.2) is 30.6 Å². The van der Waals surface area contributed by atoms with E-state index in [1.54, 1.807) is 0 Å². The van der Waals surface area contributed by atoms with Gasteiger partial charge in [0.1, 0.15) is 6.07 Å². The number of nitrogens with zero attached hydrogens (tertiary/aromatic N) is 2. The fourth-order valence-corrected chi connectivity index (χ4v) is 3.52. The third-order valence-corrected chi connectivity index (χ3v) is 5.02. The predicted molar refractivity (Wildman–Crippen MR) is 87.7 cm³/mol. The molecule has 116 valence electrons. The largest absolute Gasteiger partial charge is 0.393 e. The van der Waals surface area contributed by atoms with E-state index >= 15 is 0 Å². The zero-order valence-corrected chi connectivity index (χ0v) is 13.8. The summed E-state index contributed by atoms with van der Waals surface area (Å²) in [5.74, 6) is 0.844. The SMILES string of the molecule is CN/C=C(\C#N)C1=CCC(C)(C)N(CC2CCCCC2)C1. The van der Waals surface area contributed by atoms with E-state index in [9.17, 15) is 5.26 Å². The number of hydrogen-bond acceptors (Lipinski definition) is 3. The van der Waals surface area contributed by atoms with Crippen molar-refractivity contribution in [3.05, 3.63) is 23.4 Å². The minimum atomic E-state index is 0.209. The summed E-state index contributed by atoms with van der Waals surface area (Å²) in [5.41, 5.74) is 2.17. The molecule has 0 bridgehead atoms. The molecule has 3 heteroatoms. The fourth-order valence-electron chi connectivity index (χ4n) is 3.52. The molecule has 2 aliphatic rings. The summed E-state index contributed by atoms with van der Waals surface area (Å²) in [4.78, 5) is 2.60. The molecular weight excluding hydrogens is 258 g/mol. The molecule has 1 aliphatic carbocycles.